The van der Waals surface area contributed by atoms with Crippen molar-refractivity contribution in [2.75, 3.05) is 0 Å². The van der Waals surface area contributed by atoms with Crippen molar-refractivity contribution in [2.45, 2.75) is 0 Å². The number of thiophene rings is 2. The van der Waals surface area contributed by atoms with Crippen LogP contribution in [0.25, 0.3) is 96.0 Å². The van der Waals surface area contributed by atoms with Gasteiger partial charge in [0.15, 0.2) is 0 Å². The third-order valence-electron chi connectivity index (χ3n) is 9.52. The summed E-state index contributed by atoms with van der Waals surface area (Å²) in [6.07, 6.45) is 0. The molecule has 0 bridgehead atoms. The molecule has 2 heteroatoms. The van der Waals surface area contributed by atoms with Crippen LogP contribution in [0.3, 0.4) is 0 Å². The van der Waals surface area contributed by atoms with Crippen LogP contribution in [-0.4, -0.2) is 0 Å². The number of hydrogen-bond donors (Lipinski definition) is 0. The first-order valence-electron chi connectivity index (χ1n) is 15.7. The van der Waals surface area contributed by atoms with Crippen LogP contribution in [-0.2, 0) is 0 Å². The van der Waals surface area contributed by atoms with E-state index in [1.165, 1.54) is 96.0 Å². The second kappa shape index (κ2) is 10.1. The van der Waals surface area contributed by atoms with Gasteiger partial charge in [-0.05, 0) is 89.8 Å². The van der Waals surface area contributed by atoms with Crippen LogP contribution in [0.15, 0.2) is 157 Å². The van der Waals surface area contributed by atoms with Crippen LogP contribution in [0.4, 0.5) is 0 Å². The van der Waals surface area contributed by atoms with Gasteiger partial charge < -0.3 is 0 Å². The number of rotatable bonds is 3. The van der Waals surface area contributed by atoms with Gasteiger partial charge in [0, 0.05) is 35.8 Å². The first kappa shape index (κ1) is 26.0. The molecule has 0 amide bonds. The summed E-state index contributed by atoms with van der Waals surface area (Å²) in [7, 11) is 0. The molecule has 0 N–H and O–H groups in total. The standard InChI is InChI=1S/C44H26S2/c1-2-11-28(12-3-1)38-26-45-44-36(38)21-23-40-43(44)37-25-31(20-22-39(37)46-40)42-34-16-8-6-14-32(34)41(33-15-7-9-17-35(33)42)30-19-18-27-10-4-5-13-29(27)24-30/h1-26H. The molecule has 0 aliphatic rings. The Morgan fingerprint density at radius 1 is 0.370 bits per heavy atom. The molecule has 0 aliphatic carbocycles. The van der Waals surface area contributed by atoms with Gasteiger partial charge in [0.25, 0.3) is 0 Å². The molecule has 0 saturated heterocycles. The van der Waals surface area contributed by atoms with Crippen molar-refractivity contribution >= 4 is 85.2 Å². The fourth-order valence-corrected chi connectivity index (χ4v) is 9.75. The van der Waals surface area contributed by atoms with E-state index in [2.05, 4.69) is 157 Å². The molecule has 0 radical (unpaired) electrons. The molecule has 0 nitrogen and oxygen atoms in total. The second-order valence-corrected chi connectivity index (χ2v) is 14.0. The Morgan fingerprint density at radius 3 is 1.67 bits per heavy atom. The largest absolute Gasteiger partial charge is 0.142 e. The van der Waals surface area contributed by atoms with Crippen molar-refractivity contribution in [3.8, 4) is 33.4 Å². The van der Waals surface area contributed by atoms with E-state index < -0.39 is 0 Å². The zero-order valence-electron chi connectivity index (χ0n) is 24.8. The minimum absolute atomic E-state index is 1.26. The lowest BCUT2D eigenvalue weighted by atomic mass is 9.85. The predicted octanol–water partition coefficient (Wildman–Crippen LogP) is 13.7. The number of fused-ring (bicyclic) bond motifs is 8. The van der Waals surface area contributed by atoms with E-state index in [0.717, 1.165) is 0 Å². The Bertz CT molecular complexity index is 2740. The monoisotopic (exact) mass is 618 g/mol. The smallest absolute Gasteiger partial charge is 0.0442 e. The van der Waals surface area contributed by atoms with Crippen molar-refractivity contribution in [3.63, 3.8) is 0 Å². The third kappa shape index (κ3) is 3.84. The van der Waals surface area contributed by atoms with E-state index in [9.17, 15) is 0 Å². The zero-order chi connectivity index (χ0) is 30.2. The van der Waals surface area contributed by atoms with Crippen molar-refractivity contribution in [1.29, 1.82) is 0 Å². The Hall–Kier alpha value is -5.28. The average molecular weight is 619 g/mol. The summed E-state index contributed by atoms with van der Waals surface area (Å²) in [5, 5.41) is 14.1. The zero-order valence-corrected chi connectivity index (χ0v) is 26.5. The van der Waals surface area contributed by atoms with Crippen LogP contribution < -0.4 is 0 Å². The van der Waals surface area contributed by atoms with E-state index in [0.29, 0.717) is 0 Å². The van der Waals surface area contributed by atoms with Gasteiger partial charge in [-0.2, -0.15) is 0 Å². The van der Waals surface area contributed by atoms with Crippen LogP contribution in [0.1, 0.15) is 0 Å². The summed E-state index contributed by atoms with van der Waals surface area (Å²) < 4.78 is 4.06. The molecule has 46 heavy (non-hydrogen) atoms. The van der Waals surface area contributed by atoms with Crippen LogP contribution in [0.2, 0.25) is 0 Å². The summed E-state index contributed by atoms with van der Waals surface area (Å²) in [5.74, 6) is 0. The maximum atomic E-state index is 2.46. The third-order valence-corrected chi connectivity index (χ3v) is 11.7. The molecule has 10 rings (SSSR count). The minimum atomic E-state index is 1.26. The van der Waals surface area contributed by atoms with E-state index in [1.54, 1.807) is 0 Å². The predicted molar refractivity (Wildman–Crippen MR) is 204 cm³/mol. The van der Waals surface area contributed by atoms with Gasteiger partial charge >= 0.3 is 0 Å². The SMILES string of the molecule is c1ccc(-c2csc3c2ccc2sc4ccc(-c5c6ccccc6c(-c6ccc7ccccc7c6)c6ccccc56)cc4c23)cc1. The Labute approximate surface area is 274 Å². The molecule has 214 valence electrons. The Balaban J connectivity index is 1.25. The highest BCUT2D eigenvalue weighted by molar-refractivity contribution is 7.27. The minimum Gasteiger partial charge on any atom is -0.142 e. The highest BCUT2D eigenvalue weighted by Gasteiger charge is 2.19. The molecule has 2 heterocycles. The average Bonchev–Trinajstić information content (AvgIpc) is 3.72. The van der Waals surface area contributed by atoms with Crippen molar-refractivity contribution in [3.05, 3.63) is 157 Å². The van der Waals surface area contributed by atoms with Gasteiger partial charge in [-0.15, -0.1) is 22.7 Å². The van der Waals surface area contributed by atoms with Gasteiger partial charge in [-0.25, -0.2) is 0 Å². The number of benzene rings is 8. The maximum absolute atomic E-state index is 2.46. The highest BCUT2D eigenvalue weighted by atomic mass is 32.1. The van der Waals surface area contributed by atoms with Crippen LogP contribution in [0.5, 0.6) is 0 Å². The summed E-state index contributed by atoms with van der Waals surface area (Å²) in [6.45, 7) is 0. The van der Waals surface area contributed by atoms with E-state index in [1.807, 2.05) is 22.7 Å². The summed E-state index contributed by atoms with van der Waals surface area (Å²) in [5.41, 5.74) is 7.72. The first-order chi connectivity index (χ1) is 22.8. The van der Waals surface area contributed by atoms with Gasteiger partial charge in [0.2, 0.25) is 0 Å². The fraction of sp³-hybridized carbons (Fsp3) is 0. The summed E-state index contributed by atoms with van der Waals surface area (Å²) >= 11 is 3.77. The summed E-state index contributed by atoms with van der Waals surface area (Å²) in [4.78, 5) is 0. The molecule has 0 saturated carbocycles. The topological polar surface area (TPSA) is 0 Å². The molecule has 0 unspecified atom stereocenters. The van der Waals surface area contributed by atoms with Gasteiger partial charge in [-0.3, -0.25) is 0 Å². The van der Waals surface area contributed by atoms with Gasteiger partial charge in [-0.1, -0.05) is 127 Å². The van der Waals surface area contributed by atoms with Crippen LogP contribution in [0, 0.1) is 0 Å². The quantitative estimate of drug-likeness (QED) is 0.173. The maximum Gasteiger partial charge on any atom is 0.0442 e. The second-order valence-electron chi connectivity index (χ2n) is 12.0. The molecule has 0 fully saturated rings. The number of hydrogen-bond acceptors (Lipinski definition) is 2. The first-order valence-corrected chi connectivity index (χ1v) is 17.4. The van der Waals surface area contributed by atoms with E-state index >= 15 is 0 Å². The fourth-order valence-electron chi connectivity index (χ4n) is 7.45. The lowest BCUT2D eigenvalue weighted by Crippen LogP contribution is -1.91. The lowest BCUT2D eigenvalue weighted by Gasteiger charge is -2.18. The van der Waals surface area contributed by atoms with Gasteiger partial charge in [0.05, 0.1) is 0 Å². The van der Waals surface area contributed by atoms with Gasteiger partial charge in [0.1, 0.15) is 0 Å². The molecule has 0 spiro atoms. The Kier molecular flexibility index (Phi) is 5.72. The molecular formula is C44H26S2. The highest BCUT2D eigenvalue weighted by Crippen LogP contribution is 2.48. The normalized spacial score (nSPS) is 11.9. The summed E-state index contributed by atoms with van der Waals surface area (Å²) in [6, 6.07) is 56.0. The van der Waals surface area contributed by atoms with Crippen molar-refractivity contribution < 1.29 is 0 Å². The van der Waals surface area contributed by atoms with Crippen LogP contribution >= 0.6 is 22.7 Å². The molecule has 2 aromatic heterocycles. The molecule has 8 aromatic carbocycles. The van der Waals surface area contributed by atoms with Crippen molar-refractivity contribution in [1.82, 2.24) is 0 Å². The molecular weight excluding hydrogens is 593 g/mol. The van der Waals surface area contributed by atoms with E-state index in [4.69, 9.17) is 0 Å². The van der Waals surface area contributed by atoms with E-state index in [-0.39, 0.29) is 0 Å². The molecule has 10 aromatic rings. The lowest BCUT2D eigenvalue weighted by molar-refractivity contribution is 1.69. The molecule has 0 aliphatic heterocycles. The molecule has 0 atom stereocenters. The Morgan fingerprint density at radius 2 is 0.957 bits per heavy atom. The van der Waals surface area contributed by atoms with Crippen molar-refractivity contribution in [2.24, 2.45) is 0 Å².